The fourth-order valence-corrected chi connectivity index (χ4v) is 2.11. The lowest BCUT2D eigenvalue weighted by atomic mass is 10.1. The Hall–Kier alpha value is -1.78. The van der Waals surface area contributed by atoms with E-state index in [1.165, 1.54) is 12.1 Å². The molecule has 0 spiro atoms. The van der Waals surface area contributed by atoms with Crippen LogP contribution in [0.25, 0.3) is 0 Å². The fraction of sp³-hybridized carbons (Fsp3) is 0.0714. The molecular weight excluding hydrogens is 302 g/mol. The molecule has 2 aromatic carbocycles. The van der Waals surface area contributed by atoms with Gasteiger partial charge in [-0.2, -0.15) is 0 Å². The molecule has 0 aliphatic heterocycles. The summed E-state index contributed by atoms with van der Waals surface area (Å²) in [6, 6.07) is 9.52. The monoisotopic (exact) mass is 312 g/mol. The third-order valence-corrected chi connectivity index (χ3v) is 3.37. The molecule has 0 bridgehead atoms. The molecule has 0 aliphatic rings. The smallest absolute Gasteiger partial charge is 0.250 e. The summed E-state index contributed by atoms with van der Waals surface area (Å²) in [4.78, 5) is 11.2. The number of halogens is 3. The van der Waals surface area contributed by atoms with Crippen LogP contribution in [0.5, 0.6) is 0 Å². The SMILES string of the molecule is NC(=O)c1cc(NCc2cccc(Cl)c2F)ccc1Cl. The van der Waals surface area contributed by atoms with Crippen molar-refractivity contribution in [2.75, 3.05) is 5.32 Å². The summed E-state index contributed by atoms with van der Waals surface area (Å²) < 4.78 is 13.7. The molecular formula is C14H11Cl2FN2O. The van der Waals surface area contributed by atoms with Crippen LogP contribution >= 0.6 is 23.2 Å². The Morgan fingerprint density at radius 3 is 2.65 bits per heavy atom. The van der Waals surface area contributed by atoms with Gasteiger partial charge in [0.2, 0.25) is 5.91 Å². The molecule has 2 rings (SSSR count). The maximum atomic E-state index is 13.7. The molecule has 1 amide bonds. The van der Waals surface area contributed by atoms with Crippen LogP contribution in [0.3, 0.4) is 0 Å². The lowest BCUT2D eigenvalue weighted by Gasteiger charge is -2.10. The summed E-state index contributed by atoms with van der Waals surface area (Å²) in [7, 11) is 0. The average molecular weight is 313 g/mol. The van der Waals surface area contributed by atoms with E-state index in [-0.39, 0.29) is 22.2 Å². The van der Waals surface area contributed by atoms with Gasteiger partial charge in [0.1, 0.15) is 5.82 Å². The van der Waals surface area contributed by atoms with Crippen LogP contribution in [0.2, 0.25) is 10.0 Å². The Bertz CT molecular complexity index is 662. The van der Waals surface area contributed by atoms with Gasteiger partial charge >= 0.3 is 0 Å². The molecule has 3 nitrogen and oxygen atoms in total. The van der Waals surface area contributed by atoms with Crippen LogP contribution in [0.1, 0.15) is 15.9 Å². The highest BCUT2D eigenvalue weighted by atomic mass is 35.5. The van der Waals surface area contributed by atoms with E-state index >= 15 is 0 Å². The van der Waals surface area contributed by atoms with E-state index in [0.29, 0.717) is 11.3 Å². The molecule has 0 fully saturated rings. The van der Waals surface area contributed by atoms with Crippen molar-refractivity contribution in [3.63, 3.8) is 0 Å². The molecule has 104 valence electrons. The Labute approximate surface area is 125 Å². The van der Waals surface area contributed by atoms with Crippen LogP contribution in [-0.4, -0.2) is 5.91 Å². The predicted molar refractivity (Wildman–Crippen MR) is 78.7 cm³/mol. The number of amides is 1. The number of carbonyl (C=O) groups excluding carboxylic acids is 1. The van der Waals surface area contributed by atoms with E-state index in [1.807, 2.05) is 0 Å². The molecule has 0 heterocycles. The minimum absolute atomic E-state index is 0.0678. The topological polar surface area (TPSA) is 55.1 Å². The first-order valence-electron chi connectivity index (χ1n) is 5.75. The van der Waals surface area contributed by atoms with E-state index < -0.39 is 11.7 Å². The number of carbonyl (C=O) groups is 1. The third kappa shape index (κ3) is 3.21. The van der Waals surface area contributed by atoms with Crippen molar-refractivity contribution in [1.82, 2.24) is 0 Å². The zero-order valence-corrected chi connectivity index (χ0v) is 11.8. The van der Waals surface area contributed by atoms with Gasteiger partial charge in [-0.3, -0.25) is 4.79 Å². The average Bonchev–Trinajstić information content (AvgIpc) is 2.41. The second-order valence-electron chi connectivity index (χ2n) is 4.13. The molecule has 0 atom stereocenters. The van der Waals surface area contributed by atoms with Gasteiger partial charge in [-0.05, 0) is 24.3 Å². The van der Waals surface area contributed by atoms with Crippen LogP contribution in [0.4, 0.5) is 10.1 Å². The molecule has 0 saturated heterocycles. The Morgan fingerprint density at radius 1 is 1.20 bits per heavy atom. The molecule has 0 aliphatic carbocycles. The first kappa shape index (κ1) is 14.6. The van der Waals surface area contributed by atoms with Crippen LogP contribution in [-0.2, 0) is 6.54 Å². The summed E-state index contributed by atoms with van der Waals surface area (Å²) in [6.45, 7) is 0.228. The number of hydrogen-bond acceptors (Lipinski definition) is 2. The van der Waals surface area contributed by atoms with Crippen molar-refractivity contribution in [3.05, 3.63) is 63.4 Å². The predicted octanol–water partition coefficient (Wildman–Crippen LogP) is 3.84. The van der Waals surface area contributed by atoms with Crippen molar-refractivity contribution in [2.45, 2.75) is 6.54 Å². The van der Waals surface area contributed by atoms with Crippen LogP contribution in [0, 0.1) is 5.82 Å². The lowest BCUT2D eigenvalue weighted by molar-refractivity contribution is 0.100. The number of primary amides is 1. The van der Waals surface area contributed by atoms with Crippen molar-refractivity contribution >= 4 is 34.8 Å². The second-order valence-corrected chi connectivity index (χ2v) is 4.94. The van der Waals surface area contributed by atoms with Crippen molar-refractivity contribution in [3.8, 4) is 0 Å². The minimum Gasteiger partial charge on any atom is -0.381 e. The maximum absolute atomic E-state index is 13.7. The quantitative estimate of drug-likeness (QED) is 0.901. The molecule has 20 heavy (non-hydrogen) atoms. The van der Waals surface area contributed by atoms with Crippen molar-refractivity contribution in [2.24, 2.45) is 5.73 Å². The van der Waals surface area contributed by atoms with E-state index in [4.69, 9.17) is 28.9 Å². The van der Waals surface area contributed by atoms with E-state index in [9.17, 15) is 9.18 Å². The third-order valence-electron chi connectivity index (χ3n) is 2.75. The zero-order chi connectivity index (χ0) is 14.7. The minimum atomic E-state index is -0.618. The zero-order valence-electron chi connectivity index (χ0n) is 10.3. The standard InChI is InChI=1S/C14H11Cl2FN2O/c15-11-5-4-9(6-10(11)14(18)20)19-7-8-2-1-3-12(16)13(8)17/h1-6,19H,7H2,(H2,18,20). The van der Waals surface area contributed by atoms with E-state index in [2.05, 4.69) is 5.32 Å². The van der Waals surface area contributed by atoms with Crippen LogP contribution in [0.15, 0.2) is 36.4 Å². The Morgan fingerprint density at radius 2 is 1.95 bits per heavy atom. The first-order valence-corrected chi connectivity index (χ1v) is 6.50. The lowest BCUT2D eigenvalue weighted by Crippen LogP contribution is -2.12. The summed E-state index contributed by atoms with van der Waals surface area (Å²) in [6.07, 6.45) is 0. The van der Waals surface area contributed by atoms with Gasteiger partial charge in [0, 0.05) is 17.8 Å². The van der Waals surface area contributed by atoms with Gasteiger partial charge in [-0.15, -0.1) is 0 Å². The van der Waals surface area contributed by atoms with Gasteiger partial charge < -0.3 is 11.1 Å². The normalized spacial score (nSPS) is 10.3. The van der Waals surface area contributed by atoms with E-state index in [1.54, 1.807) is 24.3 Å². The summed E-state index contributed by atoms with van der Waals surface area (Å²) >= 11 is 11.6. The molecule has 0 radical (unpaired) electrons. The molecule has 0 unspecified atom stereocenters. The maximum Gasteiger partial charge on any atom is 0.250 e. The first-order chi connectivity index (χ1) is 9.49. The second kappa shape index (κ2) is 6.11. The summed E-state index contributed by atoms with van der Waals surface area (Å²) in [5, 5.41) is 3.33. The number of nitrogens with one attached hydrogen (secondary N) is 1. The number of hydrogen-bond donors (Lipinski definition) is 2. The molecule has 0 saturated carbocycles. The molecule has 6 heteroatoms. The van der Waals surface area contributed by atoms with Gasteiger partial charge in [-0.1, -0.05) is 35.3 Å². The summed E-state index contributed by atoms with van der Waals surface area (Å²) in [5.41, 5.74) is 6.46. The van der Waals surface area contributed by atoms with Crippen molar-refractivity contribution < 1.29 is 9.18 Å². The number of rotatable bonds is 4. The molecule has 0 aromatic heterocycles. The largest absolute Gasteiger partial charge is 0.381 e. The van der Waals surface area contributed by atoms with E-state index in [0.717, 1.165) is 0 Å². The van der Waals surface area contributed by atoms with Crippen LogP contribution < -0.4 is 11.1 Å². The number of anilines is 1. The van der Waals surface area contributed by atoms with Gasteiger partial charge in [-0.25, -0.2) is 4.39 Å². The van der Waals surface area contributed by atoms with Crippen molar-refractivity contribution in [1.29, 1.82) is 0 Å². The van der Waals surface area contributed by atoms with Gasteiger partial charge in [0.25, 0.3) is 0 Å². The summed E-state index contributed by atoms with van der Waals surface area (Å²) in [5.74, 6) is -1.08. The Kier molecular flexibility index (Phi) is 4.47. The number of nitrogens with two attached hydrogens (primary N) is 1. The highest BCUT2D eigenvalue weighted by Crippen LogP contribution is 2.22. The number of benzene rings is 2. The van der Waals surface area contributed by atoms with Gasteiger partial charge in [0.15, 0.2) is 0 Å². The highest BCUT2D eigenvalue weighted by Gasteiger charge is 2.09. The highest BCUT2D eigenvalue weighted by molar-refractivity contribution is 6.33. The molecule has 2 aromatic rings. The van der Waals surface area contributed by atoms with Gasteiger partial charge in [0.05, 0.1) is 15.6 Å². The Balaban J connectivity index is 2.17. The molecule has 3 N–H and O–H groups in total. The fourth-order valence-electron chi connectivity index (χ4n) is 1.71.